The Hall–Kier alpha value is -1.69. The summed E-state index contributed by atoms with van der Waals surface area (Å²) in [7, 11) is 2.09. The highest BCUT2D eigenvalue weighted by Gasteiger charge is 2.33. The highest BCUT2D eigenvalue weighted by atomic mass is 16.4. The fraction of sp³-hybridized carbons (Fsp3) is 0.667. The van der Waals surface area contributed by atoms with Crippen molar-refractivity contribution in [3.8, 4) is 0 Å². The molecule has 1 fully saturated rings. The maximum atomic E-state index is 11.5. The minimum Gasteiger partial charge on any atom is -0.476 e. The van der Waals surface area contributed by atoms with Crippen LogP contribution in [-0.2, 0) is 0 Å². The molecule has 0 bridgehead atoms. The molecule has 2 heterocycles. The van der Waals surface area contributed by atoms with Crippen LogP contribution >= 0.6 is 0 Å². The third kappa shape index (κ3) is 3.15. The smallest absolute Gasteiger partial charge is 0.356 e. The van der Waals surface area contributed by atoms with E-state index in [1.54, 1.807) is 6.20 Å². The van der Waals surface area contributed by atoms with Gasteiger partial charge >= 0.3 is 5.97 Å². The van der Waals surface area contributed by atoms with Gasteiger partial charge in [-0.05, 0) is 20.9 Å². The van der Waals surface area contributed by atoms with Gasteiger partial charge in [-0.25, -0.2) is 14.8 Å². The highest BCUT2D eigenvalue weighted by Crippen LogP contribution is 2.26. The van der Waals surface area contributed by atoms with Crippen LogP contribution in [0.1, 0.15) is 49.9 Å². The first-order valence-electron chi connectivity index (χ1n) is 7.29. The Kier molecular flexibility index (Phi) is 4.18. The minimum atomic E-state index is -0.994. The van der Waals surface area contributed by atoms with Crippen molar-refractivity contribution in [2.45, 2.75) is 39.2 Å². The molecule has 0 amide bonds. The standard InChI is InChI=1S/C15H24N4O2/c1-10(2)13-16-8-11(12(17-13)14(20)21)19-7-6-18(5)15(3,4)9-19/h8,10H,6-7,9H2,1-5H3,(H,20,21). The molecule has 1 saturated heterocycles. The summed E-state index contributed by atoms with van der Waals surface area (Å²) in [5, 5.41) is 9.46. The third-order valence-electron chi connectivity index (χ3n) is 4.16. The van der Waals surface area contributed by atoms with E-state index >= 15 is 0 Å². The summed E-state index contributed by atoms with van der Waals surface area (Å²) in [6, 6.07) is 0. The monoisotopic (exact) mass is 292 g/mol. The number of nitrogens with zero attached hydrogens (tertiary/aromatic N) is 4. The van der Waals surface area contributed by atoms with Crippen LogP contribution in [-0.4, -0.2) is 58.2 Å². The summed E-state index contributed by atoms with van der Waals surface area (Å²) >= 11 is 0. The number of carboxylic acid groups (broad SMARTS) is 1. The summed E-state index contributed by atoms with van der Waals surface area (Å²) in [5.41, 5.74) is 0.715. The number of hydrogen-bond donors (Lipinski definition) is 1. The fourth-order valence-corrected chi connectivity index (χ4v) is 2.50. The van der Waals surface area contributed by atoms with Crippen molar-refractivity contribution in [1.29, 1.82) is 0 Å². The zero-order chi connectivity index (χ0) is 15.8. The molecule has 1 aliphatic rings. The molecule has 1 N–H and O–H groups in total. The lowest BCUT2D eigenvalue weighted by molar-refractivity contribution is 0.0689. The molecule has 0 radical (unpaired) electrons. The average Bonchev–Trinajstić information content (AvgIpc) is 2.41. The normalized spacial score (nSPS) is 19.0. The van der Waals surface area contributed by atoms with E-state index in [-0.39, 0.29) is 17.2 Å². The van der Waals surface area contributed by atoms with Crippen molar-refractivity contribution < 1.29 is 9.90 Å². The van der Waals surface area contributed by atoms with Gasteiger partial charge in [-0.15, -0.1) is 0 Å². The molecule has 0 spiro atoms. The van der Waals surface area contributed by atoms with Crippen LogP contribution in [0.3, 0.4) is 0 Å². The van der Waals surface area contributed by atoms with Gasteiger partial charge in [0.05, 0.1) is 11.9 Å². The molecule has 0 saturated carbocycles. The zero-order valence-corrected chi connectivity index (χ0v) is 13.4. The van der Waals surface area contributed by atoms with Gasteiger partial charge < -0.3 is 10.0 Å². The molecular weight excluding hydrogens is 268 g/mol. The second kappa shape index (κ2) is 5.60. The second-order valence-corrected chi connectivity index (χ2v) is 6.58. The lowest BCUT2D eigenvalue weighted by Crippen LogP contribution is -2.58. The minimum absolute atomic E-state index is 0.00918. The molecule has 1 aliphatic heterocycles. The molecule has 0 aliphatic carbocycles. The number of carboxylic acids is 1. The van der Waals surface area contributed by atoms with E-state index in [4.69, 9.17) is 0 Å². The van der Waals surface area contributed by atoms with Crippen LogP contribution in [0.2, 0.25) is 0 Å². The van der Waals surface area contributed by atoms with E-state index in [9.17, 15) is 9.90 Å². The van der Waals surface area contributed by atoms with Crippen molar-refractivity contribution in [3.63, 3.8) is 0 Å². The fourth-order valence-electron chi connectivity index (χ4n) is 2.50. The summed E-state index contributed by atoms with van der Waals surface area (Å²) in [4.78, 5) is 24.5. The molecule has 1 aromatic rings. The summed E-state index contributed by atoms with van der Waals surface area (Å²) in [5.74, 6) is -0.309. The number of aromatic nitrogens is 2. The van der Waals surface area contributed by atoms with E-state index in [0.717, 1.165) is 19.6 Å². The molecule has 0 unspecified atom stereocenters. The molecule has 6 nitrogen and oxygen atoms in total. The van der Waals surface area contributed by atoms with Gasteiger partial charge in [-0.3, -0.25) is 4.90 Å². The molecule has 116 valence electrons. The number of rotatable bonds is 3. The van der Waals surface area contributed by atoms with Crippen molar-refractivity contribution in [2.75, 3.05) is 31.6 Å². The van der Waals surface area contributed by atoms with Crippen molar-refractivity contribution in [2.24, 2.45) is 0 Å². The maximum Gasteiger partial charge on any atom is 0.356 e. The van der Waals surface area contributed by atoms with E-state index in [1.807, 2.05) is 13.8 Å². The first-order chi connectivity index (χ1) is 9.72. The predicted octanol–water partition coefficient (Wildman–Crippen LogP) is 1.83. The van der Waals surface area contributed by atoms with Gasteiger partial charge in [0.2, 0.25) is 0 Å². The summed E-state index contributed by atoms with van der Waals surface area (Å²) in [6.07, 6.45) is 1.66. The number of anilines is 1. The highest BCUT2D eigenvalue weighted by molar-refractivity contribution is 5.92. The van der Waals surface area contributed by atoms with Gasteiger partial charge in [0.15, 0.2) is 5.69 Å². The summed E-state index contributed by atoms with van der Waals surface area (Å²) < 4.78 is 0. The number of carbonyl (C=O) groups is 1. The van der Waals surface area contributed by atoms with Crippen LogP contribution in [0.25, 0.3) is 0 Å². The van der Waals surface area contributed by atoms with Crippen LogP contribution in [0.4, 0.5) is 5.69 Å². The number of likely N-dealkylation sites (N-methyl/N-ethyl adjacent to an activating group) is 1. The molecule has 2 rings (SSSR count). The SMILES string of the molecule is CC(C)c1ncc(N2CCN(C)C(C)(C)C2)c(C(=O)O)n1. The van der Waals surface area contributed by atoms with Crippen LogP contribution in [0.5, 0.6) is 0 Å². The van der Waals surface area contributed by atoms with Crippen molar-refractivity contribution >= 4 is 11.7 Å². The molecular formula is C15H24N4O2. The molecule has 0 atom stereocenters. The molecule has 21 heavy (non-hydrogen) atoms. The maximum absolute atomic E-state index is 11.5. The van der Waals surface area contributed by atoms with Crippen LogP contribution in [0.15, 0.2) is 6.20 Å². The van der Waals surface area contributed by atoms with Crippen molar-refractivity contribution in [1.82, 2.24) is 14.9 Å². The molecule has 6 heteroatoms. The zero-order valence-electron chi connectivity index (χ0n) is 13.4. The Bertz CT molecular complexity index is 542. The Morgan fingerprint density at radius 1 is 1.38 bits per heavy atom. The van der Waals surface area contributed by atoms with Gasteiger partial charge in [-0.1, -0.05) is 13.8 Å². The van der Waals surface area contributed by atoms with E-state index in [2.05, 4.69) is 40.7 Å². The average molecular weight is 292 g/mol. The summed E-state index contributed by atoms with van der Waals surface area (Å²) in [6.45, 7) is 10.7. The lowest BCUT2D eigenvalue weighted by atomic mass is 9.99. The van der Waals surface area contributed by atoms with E-state index < -0.39 is 5.97 Å². The topological polar surface area (TPSA) is 69.6 Å². The van der Waals surface area contributed by atoms with Gasteiger partial charge in [-0.2, -0.15) is 0 Å². The predicted molar refractivity (Wildman–Crippen MR) is 82.0 cm³/mol. The Labute approximate surface area is 125 Å². The van der Waals surface area contributed by atoms with Gasteiger partial charge in [0, 0.05) is 31.1 Å². The quantitative estimate of drug-likeness (QED) is 0.916. The Balaban J connectivity index is 2.37. The van der Waals surface area contributed by atoms with Crippen LogP contribution < -0.4 is 4.90 Å². The third-order valence-corrected chi connectivity index (χ3v) is 4.16. The first-order valence-corrected chi connectivity index (χ1v) is 7.29. The Morgan fingerprint density at radius 3 is 2.57 bits per heavy atom. The van der Waals surface area contributed by atoms with Gasteiger partial charge in [0.25, 0.3) is 0 Å². The van der Waals surface area contributed by atoms with Crippen LogP contribution in [0, 0.1) is 0 Å². The Morgan fingerprint density at radius 2 is 2.05 bits per heavy atom. The van der Waals surface area contributed by atoms with E-state index in [1.165, 1.54) is 0 Å². The molecule has 1 aromatic heterocycles. The van der Waals surface area contributed by atoms with E-state index in [0.29, 0.717) is 11.5 Å². The second-order valence-electron chi connectivity index (χ2n) is 6.58. The number of hydrogen-bond acceptors (Lipinski definition) is 5. The van der Waals surface area contributed by atoms with Gasteiger partial charge in [0.1, 0.15) is 5.82 Å². The largest absolute Gasteiger partial charge is 0.476 e. The molecule has 0 aromatic carbocycles. The number of aromatic carboxylic acids is 1. The lowest BCUT2D eigenvalue weighted by Gasteiger charge is -2.46. The van der Waals surface area contributed by atoms with Crippen molar-refractivity contribution in [3.05, 3.63) is 17.7 Å². The first kappa shape index (κ1) is 15.7. The number of piperazine rings is 1.